The SMILES string of the molecule is CCCC1=C(C)OP(=O)(OCC)c2ccccc21.CCCC1=C(C)c2ccccc2P(=O)(OCC)O1. The number of benzene rings is 2. The van der Waals surface area contributed by atoms with Gasteiger partial charge in [0.25, 0.3) is 0 Å². The Balaban J connectivity index is 0.000000201. The standard InChI is InChI=1S/2C14H19O3P/c1-4-8-13-11(3)12-9-6-7-10-14(12)18(15,17-13)16-5-2;1-4-8-12-11(3)17-18(15,16-5-2)14-10-7-6-9-13(12)14/h2*6-7,9-10H,4-5,8H2,1-3H3. The summed E-state index contributed by atoms with van der Waals surface area (Å²) in [6.45, 7) is 12.5. The highest BCUT2D eigenvalue weighted by Gasteiger charge is 2.37. The number of hydrogen-bond donors (Lipinski definition) is 0. The molecule has 0 bridgehead atoms. The van der Waals surface area contributed by atoms with Crippen molar-refractivity contribution in [3.8, 4) is 0 Å². The number of rotatable bonds is 8. The molecule has 2 aliphatic heterocycles. The van der Waals surface area contributed by atoms with Crippen molar-refractivity contribution in [2.75, 3.05) is 13.2 Å². The van der Waals surface area contributed by atoms with E-state index in [1.807, 2.05) is 76.2 Å². The summed E-state index contributed by atoms with van der Waals surface area (Å²) in [5, 5.41) is 1.38. The van der Waals surface area contributed by atoms with Gasteiger partial charge in [0.2, 0.25) is 0 Å². The van der Waals surface area contributed by atoms with Crippen LogP contribution in [0, 0.1) is 0 Å². The van der Waals surface area contributed by atoms with Crippen molar-refractivity contribution in [2.45, 2.75) is 67.2 Å². The van der Waals surface area contributed by atoms with Gasteiger partial charge in [-0.2, -0.15) is 0 Å². The molecule has 2 atom stereocenters. The topological polar surface area (TPSA) is 71.1 Å². The summed E-state index contributed by atoms with van der Waals surface area (Å²) in [4.78, 5) is 0. The number of allylic oxidation sites excluding steroid dienone is 4. The lowest BCUT2D eigenvalue weighted by Gasteiger charge is -2.28. The van der Waals surface area contributed by atoms with E-state index < -0.39 is 15.2 Å². The number of fused-ring (bicyclic) bond motifs is 2. The van der Waals surface area contributed by atoms with Crippen molar-refractivity contribution in [3.63, 3.8) is 0 Å². The van der Waals surface area contributed by atoms with Gasteiger partial charge in [-0.1, -0.05) is 56.7 Å². The zero-order chi connectivity index (χ0) is 26.3. The quantitative estimate of drug-likeness (QED) is 0.319. The van der Waals surface area contributed by atoms with Gasteiger partial charge in [-0.25, -0.2) is 9.13 Å². The van der Waals surface area contributed by atoms with Crippen LogP contribution in [0.5, 0.6) is 0 Å². The first-order valence-corrected chi connectivity index (χ1v) is 15.8. The van der Waals surface area contributed by atoms with E-state index in [0.717, 1.165) is 59.5 Å². The molecular formula is C28H38O6P2. The van der Waals surface area contributed by atoms with E-state index in [4.69, 9.17) is 18.1 Å². The third-order valence-electron chi connectivity index (χ3n) is 6.03. The summed E-state index contributed by atoms with van der Waals surface area (Å²) in [5.41, 5.74) is 4.21. The van der Waals surface area contributed by atoms with Crippen LogP contribution in [-0.4, -0.2) is 13.2 Å². The minimum absolute atomic E-state index is 0.377. The molecule has 36 heavy (non-hydrogen) atoms. The van der Waals surface area contributed by atoms with Gasteiger partial charge in [0, 0.05) is 6.42 Å². The average Bonchev–Trinajstić information content (AvgIpc) is 2.86. The average molecular weight is 533 g/mol. The molecule has 0 radical (unpaired) electrons. The molecule has 2 unspecified atom stereocenters. The highest BCUT2D eigenvalue weighted by atomic mass is 31.2. The summed E-state index contributed by atoms with van der Waals surface area (Å²) in [5.74, 6) is 1.53. The molecule has 8 heteroatoms. The highest BCUT2D eigenvalue weighted by molar-refractivity contribution is 7.63. The molecule has 0 amide bonds. The lowest BCUT2D eigenvalue weighted by Crippen LogP contribution is -2.19. The predicted octanol–water partition coefficient (Wildman–Crippen LogP) is 8.21. The first-order valence-electron chi connectivity index (χ1n) is 12.7. The van der Waals surface area contributed by atoms with Gasteiger partial charge in [0.1, 0.15) is 11.5 Å². The second-order valence-corrected chi connectivity index (χ2v) is 12.5. The van der Waals surface area contributed by atoms with Crippen LogP contribution < -0.4 is 10.6 Å². The van der Waals surface area contributed by atoms with Crippen LogP contribution in [0.15, 0.2) is 60.0 Å². The van der Waals surface area contributed by atoms with Crippen LogP contribution in [0.1, 0.15) is 78.4 Å². The van der Waals surface area contributed by atoms with Crippen molar-refractivity contribution >= 4 is 36.9 Å². The third kappa shape index (κ3) is 5.89. The molecule has 0 aliphatic carbocycles. The predicted molar refractivity (Wildman–Crippen MR) is 148 cm³/mol. The van der Waals surface area contributed by atoms with Gasteiger partial charge >= 0.3 is 15.2 Å². The maximum atomic E-state index is 12.8. The molecule has 0 aromatic heterocycles. The lowest BCUT2D eigenvalue weighted by atomic mass is 10.0. The Morgan fingerprint density at radius 3 is 1.75 bits per heavy atom. The summed E-state index contributed by atoms with van der Waals surface area (Å²) < 4.78 is 47.7. The zero-order valence-corrected chi connectivity index (χ0v) is 24.0. The molecule has 2 aliphatic rings. The highest BCUT2D eigenvalue weighted by Crippen LogP contribution is 2.55. The first kappa shape index (κ1) is 28.5. The van der Waals surface area contributed by atoms with E-state index in [9.17, 15) is 9.13 Å². The van der Waals surface area contributed by atoms with Crippen molar-refractivity contribution in [1.82, 2.24) is 0 Å². The van der Waals surface area contributed by atoms with Crippen LogP contribution in [0.25, 0.3) is 11.1 Å². The van der Waals surface area contributed by atoms with Crippen LogP contribution >= 0.6 is 15.2 Å². The van der Waals surface area contributed by atoms with Crippen LogP contribution in [-0.2, 0) is 27.2 Å². The Labute approximate surface area is 215 Å². The largest absolute Gasteiger partial charge is 0.426 e. The maximum absolute atomic E-state index is 12.8. The molecular weight excluding hydrogens is 494 g/mol. The van der Waals surface area contributed by atoms with Gasteiger partial charge in [-0.3, -0.25) is 9.05 Å². The summed E-state index contributed by atoms with van der Waals surface area (Å²) in [6.07, 6.45) is 3.70. The van der Waals surface area contributed by atoms with Crippen molar-refractivity contribution in [2.24, 2.45) is 0 Å². The molecule has 0 saturated heterocycles. The minimum atomic E-state index is -3.18. The van der Waals surface area contributed by atoms with Crippen molar-refractivity contribution in [3.05, 3.63) is 71.2 Å². The van der Waals surface area contributed by atoms with Gasteiger partial charge in [-0.05, 0) is 74.9 Å². The fourth-order valence-electron chi connectivity index (χ4n) is 4.44. The summed E-state index contributed by atoms with van der Waals surface area (Å²) in [7, 11) is -6.36. The summed E-state index contributed by atoms with van der Waals surface area (Å²) >= 11 is 0. The van der Waals surface area contributed by atoms with Gasteiger partial charge in [0.15, 0.2) is 0 Å². The molecule has 2 heterocycles. The molecule has 0 N–H and O–H groups in total. The van der Waals surface area contributed by atoms with Crippen molar-refractivity contribution < 1.29 is 27.2 Å². The molecule has 196 valence electrons. The van der Waals surface area contributed by atoms with Gasteiger partial charge in [0.05, 0.1) is 23.8 Å². The van der Waals surface area contributed by atoms with E-state index in [1.165, 1.54) is 0 Å². The van der Waals surface area contributed by atoms with E-state index in [-0.39, 0.29) is 0 Å². The Morgan fingerprint density at radius 2 is 1.19 bits per heavy atom. The normalized spacial score (nSPS) is 22.6. The van der Waals surface area contributed by atoms with Crippen molar-refractivity contribution in [1.29, 1.82) is 0 Å². The number of hydrogen-bond acceptors (Lipinski definition) is 6. The smallest absolute Gasteiger partial charge is 0.411 e. The minimum Gasteiger partial charge on any atom is -0.426 e. The van der Waals surface area contributed by atoms with E-state index in [1.54, 1.807) is 0 Å². The second-order valence-electron chi connectivity index (χ2n) is 8.63. The van der Waals surface area contributed by atoms with Gasteiger partial charge in [-0.15, -0.1) is 0 Å². The van der Waals surface area contributed by atoms with Crippen LogP contribution in [0.4, 0.5) is 0 Å². The third-order valence-corrected chi connectivity index (χ3v) is 10.2. The maximum Gasteiger partial charge on any atom is 0.411 e. The molecule has 0 spiro atoms. The van der Waals surface area contributed by atoms with E-state index >= 15 is 0 Å². The van der Waals surface area contributed by atoms with Crippen LogP contribution in [0.3, 0.4) is 0 Å². The molecule has 2 aromatic rings. The molecule has 4 rings (SSSR count). The molecule has 6 nitrogen and oxygen atoms in total. The van der Waals surface area contributed by atoms with Crippen LogP contribution in [0.2, 0.25) is 0 Å². The molecule has 0 fully saturated rings. The van der Waals surface area contributed by atoms with E-state index in [2.05, 4.69) is 13.8 Å². The fourth-order valence-corrected chi connectivity index (χ4v) is 8.27. The Morgan fingerprint density at radius 1 is 0.694 bits per heavy atom. The zero-order valence-electron chi connectivity index (χ0n) is 22.2. The monoisotopic (exact) mass is 532 g/mol. The fraction of sp³-hybridized carbons (Fsp3) is 0.429. The molecule has 0 saturated carbocycles. The Bertz CT molecular complexity index is 1230. The summed E-state index contributed by atoms with van der Waals surface area (Å²) in [6, 6.07) is 15.3. The Hall–Kier alpha value is -2.10. The molecule has 2 aromatic carbocycles. The van der Waals surface area contributed by atoms with E-state index in [0.29, 0.717) is 23.8 Å². The Kier molecular flexibility index (Phi) is 9.83. The lowest BCUT2D eigenvalue weighted by molar-refractivity contribution is 0.254. The second kappa shape index (κ2) is 12.4. The van der Waals surface area contributed by atoms with Gasteiger partial charge < -0.3 is 9.05 Å². The first-order chi connectivity index (χ1) is 17.2.